The summed E-state index contributed by atoms with van der Waals surface area (Å²) in [6, 6.07) is 9.02. The average molecular weight is 342 g/mol. The number of benzene rings is 2. The van der Waals surface area contributed by atoms with Crippen molar-refractivity contribution >= 4 is 11.7 Å². The van der Waals surface area contributed by atoms with E-state index in [0.29, 0.717) is 10.8 Å². The molecule has 0 saturated heterocycles. The molecule has 134 valence electrons. The van der Waals surface area contributed by atoms with Crippen LogP contribution in [-0.4, -0.2) is 18.3 Å². The molecule has 2 rings (SSSR count). The van der Waals surface area contributed by atoms with E-state index in [0.717, 1.165) is 28.9 Å². The van der Waals surface area contributed by atoms with Crippen molar-refractivity contribution in [1.29, 1.82) is 0 Å². The van der Waals surface area contributed by atoms with E-state index in [9.17, 15) is 10.0 Å². The van der Waals surface area contributed by atoms with E-state index in [-0.39, 0.29) is 6.61 Å². The number of urea groups is 1. The average Bonchev–Trinajstić information content (AvgIpc) is 2.61. The molecule has 0 atom stereocenters. The number of carbonyl (C=O) groups is 1. The van der Waals surface area contributed by atoms with E-state index in [1.54, 1.807) is 12.1 Å². The summed E-state index contributed by atoms with van der Waals surface area (Å²) in [5.74, 6) is 0.813. The Morgan fingerprint density at radius 2 is 1.88 bits per heavy atom. The topological polar surface area (TPSA) is 61.8 Å². The van der Waals surface area contributed by atoms with Gasteiger partial charge >= 0.3 is 6.03 Å². The molecule has 0 bridgehead atoms. The van der Waals surface area contributed by atoms with Gasteiger partial charge in [-0.25, -0.2) is 4.79 Å². The Hall–Kier alpha value is -2.53. The molecular formula is C20H26N2O3. The van der Waals surface area contributed by atoms with Crippen LogP contribution in [0, 0.1) is 20.8 Å². The van der Waals surface area contributed by atoms with Gasteiger partial charge in [-0.15, -0.1) is 0 Å². The Labute approximate surface area is 149 Å². The zero-order valence-corrected chi connectivity index (χ0v) is 15.5. The second kappa shape index (κ2) is 8.03. The van der Waals surface area contributed by atoms with Gasteiger partial charge in [-0.3, -0.25) is 5.21 Å². The predicted octanol–water partition coefficient (Wildman–Crippen LogP) is 4.29. The molecule has 0 fully saturated rings. The van der Waals surface area contributed by atoms with E-state index in [1.807, 2.05) is 26.0 Å². The third-order valence-electron chi connectivity index (χ3n) is 4.41. The van der Waals surface area contributed by atoms with Gasteiger partial charge in [0.05, 0.1) is 5.69 Å². The van der Waals surface area contributed by atoms with Crippen molar-refractivity contribution < 1.29 is 14.7 Å². The van der Waals surface area contributed by atoms with Gasteiger partial charge in [0.25, 0.3) is 0 Å². The Morgan fingerprint density at radius 3 is 2.52 bits per heavy atom. The number of anilines is 1. The standard InChI is InChI=1S/C20H26N2O3/c1-6-16-10-15(4)19(11-14(16)3)25-12-17-13(2)8-7-9-18(17)22(24)20(23)21-5/h7-11,24H,6,12H2,1-5H3,(H,21,23). The molecule has 0 radical (unpaired) electrons. The minimum absolute atomic E-state index is 0.266. The monoisotopic (exact) mass is 342 g/mol. The molecule has 2 N–H and O–H groups in total. The fourth-order valence-corrected chi connectivity index (χ4v) is 2.82. The number of carbonyl (C=O) groups excluding carboxylic acids is 1. The maximum atomic E-state index is 11.7. The second-order valence-electron chi connectivity index (χ2n) is 6.13. The van der Waals surface area contributed by atoms with E-state index in [4.69, 9.17) is 4.74 Å². The molecule has 0 aliphatic rings. The van der Waals surface area contributed by atoms with Crippen LogP contribution in [0.2, 0.25) is 0 Å². The van der Waals surface area contributed by atoms with Gasteiger partial charge in [0, 0.05) is 12.6 Å². The maximum absolute atomic E-state index is 11.7. The smallest absolute Gasteiger partial charge is 0.345 e. The number of aryl methyl sites for hydroxylation is 4. The van der Waals surface area contributed by atoms with Gasteiger partial charge in [-0.2, -0.15) is 5.06 Å². The quantitative estimate of drug-likeness (QED) is 0.629. The third-order valence-corrected chi connectivity index (χ3v) is 4.41. The number of hydroxylamine groups is 1. The lowest BCUT2D eigenvalue weighted by atomic mass is 10.0. The highest BCUT2D eigenvalue weighted by Crippen LogP contribution is 2.28. The first-order valence-electron chi connectivity index (χ1n) is 8.41. The van der Waals surface area contributed by atoms with Gasteiger partial charge in [0.15, 0.2) is 0 Å². The van der Waals surface area contributed by atoms with Crippen LogP contribution in [0.3, 0.4) is 0 Å². The van der Waals surface area contributed by atoms with Crippen LogP contribution in [-0.2, 0) is 13.0 Å². The third kappa shape index (κ3) is 4.12. The van der Waals surface area contributed by atoms with Gasteiger partial charge in [-0.1, -0.05) is 25.1 Å². The zero-order valence-electron chi connectivity index (χ0n) is 15.5. The van der Waals surface area contributed by atoms with Crippen molar-refractivity contribution in [2.45, 2.75) is 40.7 Å². The Balaban J connectivity index is 2.30. The first kappa shape index (κ1) is 18.8. The minimum Gasteiger partial charge on any atom is -0.489 e. The number of nitrogens with one attached hydrogen (secondary N) is 1. The predicted molar refractivity (Wildman–Crippen MR) is 99.5 cm³/mol. The molecule has 0 aromatic heterocycles. The van der Waals surface area contributed by atoms with Crippen LogP contribution >= 0.6 is 0 Å². The van der Waals surface area contributed by atoms with Gasteiger partial charge < -0.3 is 10.1 Å². The summed E-state index contributed by atoms with van der Waals surface area (Å²) < 4.78 is 6.02. The van der Waals surface area contributed by atoms with Crippen molar-refractivity contribution in [2.24, 2.45) is 0 Å². The number of ether oxygens (including phenoxy) is 1. The minimum atomic E-state index is -0.592. The lowest BCUT2D eigenvalue weighted by Gasteiger charge is -2.20. The van der Waals surface area contributed by atoms with Gasteiger partial charge in [-0.05, 0) is 61.6 Å². The molecule has 2 aromatic carbocycles. The maximum Gasteiger partial charge on any atom is 0.345 e. The molecule has 5 heteroatoms. The summed E-state index contributed by atoms with van der Waals surface area (Å²) in [7, 11) is 1.47. The number of amides is 2. The van der Waals surface area contributed by atoms with Crippen molar-refractivity contribution in [3.8, 4) is 5.75 Å². The van der Waals surface area contributed by atoms with Crippen molar-refractivity contribution in [3.63, 3.8) is 0 Å². The SMILES string of the molecule is CCc1cc(C)c(OCc2c(C)cccc2N(O)C(=O)NC)cc1C. The van der Waals surface area contributed by atoms with Gasteiger partial charge in [0.1, 0.15) is 12.4 Å². The number of hydrogen-bond donors (Lipinski definition) is 2. The normalized spacial score (nSPS) is 10.5. The van der Waals surface area contributed by atoms with Crippen LogP contribution in [0.4, 0.5) is 10.5 Å². The summed E-state index contributed by atoms with van der Waals surface area (Å²) in [5, 5.41) is 13.1. The van der Waals surface area contributed by atoms with Gasteiger partial charge in [0.2, 0.25) is 0 Å². The zero-order chi connectivity index (χ0) is 18.6. The van der Waals surface area contributed by atoms with Crippen LogP contribution in [0.25, 0.3) is 0 Å². The highest BCUT2D eigenvalue weighted by atomic mass is 16.5. The molecule has 0 unspecified atom stereocenters. The Bertz CT molecular complexity index is 772. The lowest BCUT2D eigenvalue weighted by Crippen LogP contribution is -2.36. The lowest BCUT2D eigenvalue weighted by molar-refractivity contribution is 0.205. The van der Waals surface area contributed by atoms with Crippen LogP contribution in [0.5, 0.6) is 5.75 Å². The van der Waals surface area contributed by atoms with Crippen molar-refractivity contribution in [1.82, 2.24) is 5.32 Å². The molecule has 0 saturated carbocycles. The highest BCUT2D eigenvalue weighted by molar-refractivity contribution is 5.90. The summed E-state index contributed by atoms with van der Waals surface area (Å²) >= 11 is 0. The number of rotatable bonds is 5. The fourth-order valence-electron chi connectivity index (χ4n) is 2.82. The van der Waals surface area contributed by atoms with E-state index >= 15 is 0 Å². The number of nitrogens with zero attached hydrogens (tertiary/aromatic N) is 1. The van der Waals surface area contributed by atoms with Crippen LogP contribution < -0.4 is 15.1 Å². The molecule has 2 aromatic rings. The molecule has 2 amide bonds. The molecular weight excluding hydrogens is 316 g/mol. The molecule has 5 nitrogen and oxygen atoms in total. The largest absolute Gasteiger partial charge is 0.489 e. The van der Waals surface area contributed by atoms with E-state index in [2.05, 4.69) is 25.2 Å². The van der Waals surface area contributed by atoms with E-state index in [1.165, 1.54) is 18.2 Å². The Kier molecular flexibility index (Phi) is 6.04. The molecule has 0 heterocycles. The molecule has 0 aliphatic heterocycles. The molecule has 0 spiro atoms. The summed E-state index contributed by atoms with van der Waals surface area (Å²) in [4.78, 5) is 11.7. The summed E-state index contributed by atoms with van der Waals surface area (Å²) in [5.41, 5.74) is 5.71. The fraction of sp³-hybridized carbons (Fsp3) is 0.350. The van der Waals surface area contributed by atoms with Crippen molar-refractivity contribution in [2.75, 3.05) is 12.1 Å². The van der Waals surface area contributed by atoms with Crippen LogP contribution in [0.1, 0.15) is 34.7 Å². The molecule has 25 heavy (non-hydrogen) atoms. The van der Waals surface area contributed by atoms with Crippen molar-refractivity contribution in [3.05, 3.63) is 58.1 Å². The first-order valence-corrected chi connectivity index (χ1v) is 8.41. The molecule has 0 aliphatic carbocycles. The van der Waals surface area contributed by atoms with E-state index < -0.39 is 6.03 Å². The van der Waals surface area contributed by atoms with Crippen LogP contribution in [0.15, 0.2) is 30.3 Å². The number of hydrogen-bond acceptors (Lipinski definition) is 3. The summed E-state index contributed by atoms with van der Waals surface area (Å²) in [6.07, 6.45) is 0.987. The summed E-state index contributed by atoms with van der Waals surface area (Å²) in [6.45, 7) is 8.43. The highest BCUT2D eigenvalue weighted by Gasteiger charge is 2.17. The Morgan fingerprint density at radius 1 is 1.16 bits per heavy atom. The first-order chi connectivity index (χ1) is 11.9. The second-order valence-corrected chi connectivity index (χ2v) is 6.13.